The molecule has 0 aliphatic heterocycles. The normalized spacial score (nSPS) is 15.3. The van der Waals surface area contributed by atoms with E-state index in [0.717, 1.165) is 0 Å². The number of carbonyl (C=O) groups is 5. The smallest absolute Gasteiger partial charge is 0.325 e. The van der Waals surface area contributed by atoms with E-state index in [1.54, 1.807) is 13.8 Å². The number of primary amides is 1. The van der Waals surface area contributed by atoms with Crippen LogP contribution in [0.5, 0.6) is 0 Å². The number of hydrogen-bond acceptors (Lipinski definition) is 6. The molecule has 0 aromatic rings. The van der Waals surface area contributed by atoms with Crippen LogP contribution in [0.1, 0.15) is 34.1 Å². The molecular formula is C15H27N5O6. The van der Waals surface area contributed by atoms with Crippen LogP contribution >= 0.6 is 0 Å². The summed E-state index contributed by atoms with van der Waals surface area (Å²) >= 11 is 0. The molecule has 0 aliphatic rings. The summed E-state index contributed by atoms with van der Waals surface area (Å²) in [5, 5.41) is 15.8. The van der Waals surface area contributed by atoms with Gasteiger partial charge in [-0.15, -0.1) is 0 Å². The molecule has 0 radical (unpaired) electrons. The molecule has 148 valence electrons. The summed E-state index contributed by atoms with van der Waals surface area (Å²) in [6, 6.07) is -4.46. The van der Waals surface area contributed by atoms with Gasteiger partial charge in [0.25, 0.3) is 0 Å². The van der Waals surface area contributed by atoms with Crippen LogP contribution in [0.3, 0.4) is 0 Å². The summed E-state index contributed by atoms with van der Waals surface area (Å²) in [6.45, 7) is 5.95. The highest BCUT2D eigenvalue weighted by Crippen LogP contribution is 2.04. The molecule has 0 aliphatic carbocycles. The molecule has 0 fully saturated rings. The quantitative estimate of drug-likeness (QED) is 0.242. The number of carbonyl (C=O) groups excluding carboxylic acids is 4. The minimum Gasteiger partial charge on any atom is -0.480 e. The molecule has 0 saturated heterocycles. The summed E-state index contributed by atoms with van der Waals surface area (Å²) in [4.78, 5) is 58.3. The molecule has 11 nitrogen and oxygen atoms in total. The first-order valence-corrected chi connectivity index (χ1v) is 8.04. The molecular weight excluding hydrogens is 346 g/mol. The van der Waals surface area contributed by atoms with Crippen LogP contribution < -0.4 is 27.4 Å². The van der Waals surface area contributed by atoms with Gasteiger partial charge >= 0.3 is 5.97 Å². The average Bonchev–Trinajstić information content (AvgIpc) is 2.50. The topological polar surface area (TPSA) is 194 Å². The van der Waals surface area contributed by atoms with Gasteiger partial charge < -0.3 is 32.5 Å². The van der Waals surface area contributed by atoms with E-state index in [4.69, 9.17) is 16.6 Å². The van der Waals surface area contributed by atoms with E-state index in [9.17, 15) is 24.0 Å². The Balaban J connectivity index is 5.22. The summed E-state index contributed by atoms with van der Waals surface area (Å²) in [5.74, 6) is -4.65. The van der Waals surface area contributed by atoms with Gasteiger partial charge in [-0.05, 0) is 19.8 Å². The highest BCUT2D eigenvalue weighted by molar-refractivity contribution is 5.96. The molecule has 0 bridgehead atoms. The van der Waals surface area contributed by atoms with Gasteiger partial charge in [-0.2, -0.15) is 0 Å². The van der Waals surface area contributed by atoms with Crippen molar-refractivity contribution in [2.24, 2.45) is 17.4 Å². The number of amides is 4. The monoisotopic (exact) mass is 373 g/mol. The highest BCUT2D eigenvalue weighted by atomic mass is 16.4. The lowest BCUT2D eigenvalue weighted by molar-refractivity contribution is -0.142. The van der Waals surface area contributed by atoms with Gasteiger partial charge in [0.1, 0.15) is 18.1 Å². The molecule has 26 heavy (non-hydrogen) atoms. The Labute approximate surface area is 151 Å². The number of hydrogen-bond donors (Lipinski definition) is 6. The molecule has 0 aromatic carbocycles. The third kappa shape index (κ3) is 7.92. The number of aliphatic carboxylic acids is 1. The molecule has 4 unspecified atom stereocenters. The van der Waals surface area contributed by atoms with Crippen molar-refractivity contribution in [3.8, 4) is 0 Å². The second kappa shape index (κ2) is 10.3. The molecule has 0 aromatic heterocycles. The van der Waals surface area contributed by atoms with Crippen molar-refractivity contribution in [3.63, 3.8) is 0 Å². The van der Waals surface area contributed by atoms with Crippen molar-refractivity contribution in [2.75, 3.05) is 0 Å². The Kier molecular flexibility index (Phi) is 9.27. The minimum atomic E-state index is -1.31. The Bertz CT molecular complexity index is 563. The largest absolute Gasteiger partial charge is 0.480 e. The van der Waals surface area contributed by atoms with Crippen molar-refractivity contribution in [1.82, 2.24) is 16.0 Å². The van der Waals surface area contributed by atoms with Gasteiger partial charge in [0.05, 0.1) is 12.5 Å². The zero-order chi connectivity index (χ0) is 20.6. The van der Waals surface area contributed by atoms with Gasteiger partial charge in [-0.3, -0.25) is 24.0 Å². The third-order valence-corrected chi connectivity index (χ3v) is 3.43. The fourth-order valence-electron chi connectivity index (χ4n) is 1.87. The predicted molar refractivity (Wildman–Crippen MR) is 91.4 cm³/mol. The fraction of sp³-hybridized carbons (Fsp3) is 0.667. The Hall–Kier alpha value is -2.69. The van der Waals surface area contributed by atoms with E-state index < -0.39 is 66.1 Å². The minimum absolute atomic E-state index is 0.390. The average molecular weight is 373 g/mol. The number of rotatable bonds is 10. The zero-order valence-corrected chi connectivity index (χ0v) is 15.2. The SMILES string of the molecule is CC(N)C(=O)NC(CC(N)=O)C(=O)NC(C(=O)NC(C)C(=O)O)C(C)C. The molecule has 0 heterocycles. The molecule has 4 amide bonds. The third-order valence-electron chi connectivity index (χ3n) is 3.43. The lowest BCUT2D eigenvalue weighted by Gasteiger charge is -2.26. The highest BCUT2D eigenvalue weighted by Gasteiger charge is 2.31. The zero-order valence-electron chi connectivity index (χ0n) is 15.2. The summed E-state index contributed by atoms with van der Waals surface area (Å²) in [5.41, 5.74) is 10.5. The van der Waals surface area contributed by atoms with Crippen molar-refractivity contribution in [1.29, 1.82) is 0 Å². The van der Waals surface area contributed by atoms with Crippen molar-refractivity contribution in [2.45, 2.75) is 58.3 Å². The Morgan fingerprint density at radius 3 is 1.81 bits per heavy atom. The van der Waals surface area contributed by atoms with Crippen LogP contribution in [0.15, 0.2) is 0 Å². The maximum absolute atomic E-state index is 12.4. The van der Waals surface area contributed by atoms with Crippen LogP contribution in [0.25, 0.3) is 0 Å². The Morgan fingerprint density at radius 2 is 1.42 bits per heavy atom. The van der Waals surface area contributed by atoms with Crippen molar-refractivity contribution < 1.29 is 29.1 Å². The number of carboxylic acids is 1. The molecule has 8 N–H and O–H groups in total. The number of nitrogens with one attached hydrogen (secondary N) is 3. The Morgan fingerprint density at radius 1 is 0.885 bits per heavy atom. The van der Waals surface area contributed by atoms with Gasteiger partial charge in [0, 0.05) is 0 Å². The summed E-state index contributed by atoms with van der Waals surface area (Å²) in [7, 11) is 0. The molecule has 4 atom stereocenters. The van der Waals surface area contributed by atoms with Gasteiger partial charge in [0.2, 0.25) is 23.6 Å². The van der Waals surface area contributed by atoms with Gasteiger partial charge in [-0.1, -0.05) is 13.8 Å². The summed E-state index contributed by atoms with van der Waals surface area (Å²) < 4.78 is 0. The van der Waals surface area contributed by atoms with E-state index in [-0.39, 0.29) is 0 Å². The van der Waals surface area contributed by atoms with E-state index in [1.165, 1.54) is 13.8 Å². The first-order valence-electron chi connectivity index (χ1n) is 8.04. The van der Waals surface area contributed by atoms with Crippen LogP contribution in [-0.4, -0.2) is 58.9 Å². The molecule has 11 heteroatoms. The van der Waals surface area contributed by atoms with Crippen LogP contribution in [0, 0.1) is 5.92 Å². The first-order chi connectivity index (χ1) is 11.9. The molecule has 0 saturated carbocycles. The fourth-order valence-corrected chi connectivity index (χ4v) is 1.87. The van der Waals surface area contributed by atoms with Crippen molar-refractivity contribution in [3.05, 3.63) is 0 Å². The van der Waals surface area contributed by atoms with E-state index >= 15 is 0 Å². The maximum Gasteiger partial charge on any atom is 0.325 e. The van der Waals surface area contributed by atoms with Gasteiger partial charge in [-0.25, -0.2) is 0 Å². The maximum atomic E-state index is 12.4. The lowest BCUT2D eigenvalue weighted by Crippen LogP contribution is -2.58. The number of carboxylic acid groups (broad SMARTS) is 1. The van der Waals surface area contributed by atoms with E-state index in [0.29, 0.717) is 0 Å². The van der Waals surface area contributed by atoms with Gasteiger partial charge in [0.15, 0.2) is 0 Å². The number of nitrogens with two attached hydrogens (primary N) is 2. The second-order valence-electron chi connectivity index (χ2n) is 6.32. The molecule has 0 spiro atoms. The van der Waals surface area contributed by atoms with Crippen LogP contribution in [0.2, 0.25) is 0 Å². The first kappa shape index (κ1) is 23.3. The van der Waals surface area contributed by atoms with Crippen LogP contribution in [-0.2, 0) is 24.0 Å². The predicted octanol–water partition coefficient (Wildman–Crippen LogP) is -2.58. The van der Waals surface area contributed by atoms with E-state index in [1.807, 2.05) is 0 Å². The summed E-state index contributed by atoms with van der Waals surface area (Å²) in [6.07, 6.45) is -0.484. The van der Waals surface area contributed by atoms with Crippen LogP contribution in [0.4, 0.5) is 0 Å². The van der Waals surface area contributed by atoms with Crippen molar-refractivity contribution >= 4 is 29.6 Å². The second-order valence-corrected chi connectivity index (χ2v) is 6.32. The van der Waals surface area contributed by atoms with E-state index in [2.05, 4.69) is 16.0 Å². The lowest BCUT2D eigenvalue weighted by atomic mass is 10.0. The standard InChI is InChI=1S/C15H27N5O6/c1-6(2)11(14(24)18-8(4)15(25)26)20-13(23)9(5-10(17)21)19-12(22)7(3)16/h6-9,11H,5,16H2,1-4H3,(H2,17,21)(H,18,24)(H,19,22)(H,20,23)(H,25,26). The molecule has 0 rings (SSSR count).